The zero-order valence-electron chi connectivity index (χ0n) is 18.1. The number of carbonyl (C=O) groups is 3. The van der Waals surface area contributed by atoms with E-state index in [4.69, 9.17) is 9.47 Å². The fourth-order valence-corrected chi connectivity index (χ4v) is 4.77. The van der Waals surface area contributed by atoms with Crippen molar-refractivity contribution < 1.29 is 23.9 Å². The first-order valence-corrected chi connectivity index (χ1v) is 11.4. The summed E-state index contributed by atoms with van der Waals surface area (Å²) in [7, 11) is 3.05. The van der Waals surface area contributed by atoms with E-state index in [0.29, 0.717) is 28.4 Å². The smallest absolute Gasteiger partial charge is 0.253 e. The minimum absolute atomic E-state index is 0.0427. The molecule has 0 saturated carbocycles. The zero-order valence-corrected chi connectivity index (χ0v) is 18.9. The molecule has 2 aromatic carbocycles. The van der Waals surface area contributed by atoms with Gasteiger partial charge in [-0.2, -0.15) is 0 Å². The van der Waals surface area contributed by atoms with Gasteiger partial charge < -0.3 is 24.6 Å². The van der Waals surface area contributed by atoms with Crippen LogP contribution in [0.4, 0.5) is 11.4 Å². The van der Waals surface area contributed by atoms with Crippen molar-refractivity contribution in [3.8, 4) is 11.5 Å². The topological polar surface area (TPSA) is 88.2 Å². The molecule has 1 saturated heterocycles. The van der Waals surface area contributed by atoms with Crippen molar-refractivity contribution in [2.45, 2.75) is 17.7 Å². The molecule has 0 unspecified atom stereocenters. The van der Waals surface area contributed by atoms with Crippen LogP contribution in [0.5, 0.6) is 11.5 Å². The Labute approximate surface area is 190 Å². The second-order valence-electron chi connectivity index (χ2n) is 7.56. The van der Waals surface area contributed by atoms with E-state index >= 15 is 0 Å². The summed E-state index contributed by atoms with van der Waals surface area (Å²) in [6.45, 7) is 1.32. The van der Waals surface area contributed by atoms with Crippen LogP contribution >= 0.6 is 11.8 Å². The van der Waals surface area contributed by atoms with Gasteiger partial charge in [0, 0.05) is 29.6 Å². The molecule has 168 valence electrons. The van der Waals surface area contributed by atoms with Crippen LogP contribution in [0.3, 0.4) is 0 Å². The Morgan fingerprint density at radius 2 is 1.84 bits per heavy atom. The maximum Gasteiger partial charge on any atom is 0.253 e. The highest BCUT2D eigenvalue weighted by atomic mass is 32.2. The van der Waals surface area contributed by atoms with Crippen LogP contribution in [0.2, 0.25) is 0 Å². The van der Waals surface area contributed by atoms with Crippen molar-refractivity contribution in [1.29, 1.82) is 0 Å². The molecule has 1 fully saturated rings. The number of nitrogens with one attached hydrogen (secondary N) is 1. The fraction of sp³-hybridized carbons (Fsp3) is 0.348. The number of methoxy groups -OCH3 is 2. The van der Waals surface area contributed by atoms with Gasteiger partial charge in [0.25, 0.3) is 5.91 Å². The van der Waals surface area contributed by atoms with Crippen LogP contribution < -0.4 is 19.7 Å². The largest absolute Gasteiger partial charge is 0.497 e. The van der Waals surface area contributed by atoms with Crippen LogP contribution in [0.15, 0.2) is 41.3 Å². The molecular weight excluding hydrogens is 430 g/mol. The fourth-order valence-electron chi connectivity index (χ4n) is 3.86. The predicted molar refractivity (Wildman–Crippen MR) is 123 cm³/mol. The van der Waals surface area contributed by atoms with Gasteiger partial charge in [-0.05, 0) is 43.2 Å². The number of rotatable bonds is 6. The molecule has 1 N–H and O–H groups in total. The Balaban J connectivity index is 1.55. The van der Waals surface area contributed by atoms with Crippen LogP contribution in [0.1, 0.15) is 23.2 Å². The molecule has 2 heterocycles. The van der Waals surface area contributed by atoms with Gasteiger partial charge in [-0.3, -0.25) is 14.4 Å². The Kier molecular flexibility index (Phi) is 6.55. The normalized spacial score (nSPS) is 15.4. The Morgan fingerprint density at radius 3 is 2.56 bits per heavy atom. The monoisotopic (exact) mass is 455 g/mol. The summed E-state index contributed by atoms with van der Waals surface area (Å²) in [5.74, 6) is 0.696. The summed E-state index contributed by atoms with van der Waals surface area (Å²) < 4.78 is 10.5. The van der Waals surface area contributed by atoms with Crippen molar-refractivity contribution in [2.75, 3.05) is 49.8 Å². The van der Waals surface area contributed by atoms with E-state index in [9.17, 15) is 14.4 Å². The van der Waals surface area contributed by atoms with E-state index in [0.717, 1.165) is 30.8 Å². The molecule has 0 radical (unpaired) electrons. The van der Waals surface area contributed by atoms with Gasteiger partial charge in [-0.25, -0.2) is 0 Å². The van der Waals surface area contributed by atoms with Gasteiger partial charge in [-0.15, -0.1) is 11.8 Å². The highest BCUT2D eigenvalue weighted by Crippen LogP contribution is 2.36. The van der Waals surface area contributed by atoms with E-state index in [2.05, 4.69) is 5.32 Å². The number of fused-ring (bicyclic) bond motifs is 1. The van der Waals surface area contributed by atoms with Crippen molar-refractivity contribution in [1.82, 2.24) is 4.90 Å². The van der Waals surface area contributed by atoms with Crippen LogP contribution in [-0.4, -0.2) is 62.2 Å². The number of anilines is 2. The maximum absolute atomic E-state index is 12.8. The van der Waals surface area contributed by atoms with Crippen LogP contribution in [-0.2, 0) is 9.59 Å². The van der Waals surface area contributed by atoms with Gasteiger partial charge >= 0.3 is 0 Å². The first kappa shape index (κ1) is 22.0. The second kappa shape index (κ2) is 9.52. The van der Waals surface area contributed by atoms with Gasteiger partial charge in [0.15, 0.2) is 0 Å². The number of hydrogen-bond donors (Lipinski definition) is 1. The second-order valence-corrected chi connectivity index (χ2v) is 8.58. The maximum atomic E-state index is 12.8. The number of thioether (sulfide) groups is 1. The third-order valence-corrected chi connectivity index (χ3v) is 6.57. The molecular formula is C23H25N3O5S. The van der Waals surface area contributed by atoms with Crippen molar-refractivity contribution in [3.63, 3.8) is 0 Å². The average molecular weight is 456 g/mol. The van der Waals surface area contributed by atoms with E-state index in [1.165, 1.54) is 30.9 Å². The first-order chi connectivity index (χ1) is 15.5. The lowest BCUT2D eigenvalue weighted by atomic mass is 10.1. The van der Waals surface area contributed by atoms with E-state index in [1.54, 1.807) is 30.3 Å². The van der Waals surface area contributed by atoms with E-state index < -0.39 is 0 Å². The first-order valence-electron chi connectivity index (χ1n) is 10.4. The number of carbonyl (C=O) groups excluding carboxylic acids is 3. The molecule has 0 aromatic heterocycles. The Bertz CT molecular complexity index is 1050. The molecule has 32 heavy (non-hydrogen) atoms. The third-order valence-electron chi connectivity index (χ3n) is 5.52. The Hall–Kier alpha value is -3.20. The Morgan fingerprint density at radius 1 is 1.06 bits per heavy atom. The quantitative estimate of drug-likeness (QED) is 0.721. The van der Waals surface area contributed by atoms with Crippen molar-refractivity contribution in [2.24, 2.45) is 0 Å². The molecule has 4 rings (SSSR count). The molecule has 2 aliphatic rings. The molecule has 0 spiro atoms. The van der Waals surface area contributed by atoms with Crippen molar-refractivity contribution >= 4 is 40.9 Å². The van der Waals surface area contributed by atoms with Crippen LogP contribution in [0, 0.1) is 0 Å². The predicted octanol–water partition coefficient (Wildman–Crippen LogP) is 3.02. The number of nitrogens with zero attached hydrogens (tertiary/aromatic N) is 2. The lowest BCUT2D eigenvalue weighted by Crippen LogP contribution is -2.41. The summed E-state index contributed by atoms with van der Waals surface area (Å²) in [6.07, 6.45) is 2.01. The van der Waals surface area contributed by atoms with E-state index in [-0.39, 0.29) is 30.0 Å². The molecule has 9 heteroatoms. The highest BCUT2D eigenvalue weighted by molar-refractivity contribution is 8.00. The summed E-state index contributed by atoms with van der Waals surface area (Å²) in [5, 5.41) is 2.80. The van der Waals surface area contributed by atoms with E-state index in [1.807, 2.05) is 11.0 Å². The van der Waals surface area contributed by atoms with Gasteiger partial charge in [0.2, 0.25) is 11.8 Å². The summed E-state index contributed by atoms with van der Waals surface area (Å²) in [6, 6.07) is 10.5. The molecule has 2 aromatic rings. The number of hydrogen-bond acceptors (Lipinski definition) is 6. The molecule has 8 nitrogen and oxygen atoms in total. The number of likely N-dealkylation sites (tertiary alicyclic amines) is 1. The van der Waals surface area contributed by atoms with Crippen LogP contribution in [0.25, 0.3) is 0 Å². The number of benzene rings is 2. The van der Waals surface area contributed by atoms with Gasteiger partial charge in [0.1, 0.15) is 18.0 Å². The molecule has 2 aliphatic heterocycles. The van der Waals surface area contributed by atoms with Crippen molar-refractivity contribution in [3.05, 3.63) is 42.0 Å². The summed E-state index contributed by atoms with van der Waals surface area (Å²) in [5.41, 5.74) is 1.57. The molecule has 0 aliphatic carbocycles. The summed E-state index contributed by atoms with van der Waals surface area (Å²) in [4.78, 5) is 42.5. The lowest BCUT2D eigenvalue weighted by Gasteiger charge is -2.29. The minimum atomic E-state index is -0.376. The zero-order chi connectivity index (χ0) is 22.7. The lowest BCUT2D eigenvalue weighted by molar-refractivity contribution is -0.120. The standard InChI is InChI=1S/C23H25N3O5S/c1-30-16-6-7-19(31-2)17(12-16)24-21(27)13-26-18-11-15(23(29)25-9-3-4-10-25)5-8-20(18)32-14-22(26)28/h5-8,11-12H,3-4,9-10,13-14H2,1-2H3,(H,24,27). The summed E-state index contributed by atoms with van der Waals surface area (Å²) >= 11 is 1.41. The average Bonchev–Trinajstić information content (AvgIpc) is 3.35. The number of amides is 3. The highest BCUT2D eigenvalue weighted by Gasteiger charge is 2.29. The third kappa shape index (κ3) is 4.52. The minimum Gasteiger partial charge on any atom is -0.497 e. The van der Waals surface area contributed by atoms with Gasteiger partial charge in [-0.1, -0.05) is 0 Å². The van der Waals surface area contributed by atoms with Gasteiger partial charge in [0.05, 0.1) is 31.3 Å². The molecule has 0 bridgehead atoms. The molecule has 0 atom stereocenters. The SMILES string of the molecule is COc1ccc(OC)c(NC(=O)CN2C(=O)CSc3ccc(C(=O)N4CCCC4)cc32)c1. The molecule has 3 amide bonds. The number of ether oxygens (including phenoxy) is 2.